The molecule has 3 aliphatic rings. The maximum absolute atomic E-state index is 13.0. The van der Waals surface area contributed by atoms with Gasteiger partial charge in [0.25, 0.3) is 5.91 Å². The van der Waals surface area contributed by atoms with E-state index in [0.29, 0.717) is 30.4 Å². The summed E-state index contributed by atoms with van der Waals surface area (Å²) < 4.78 is 0. The average molecular weight is 400 g/mol. The molecule has 1 aromatic carbocycles. The van der Waals surface area contributed by atoms with Crippen LogP contribution in [-0.4, -0.2) is 67.0 Å². The number of likely N-dealkylation sites (tertiary alicyclic amines) is 1. The maximum atomic E-state index is 13.0. The minimum atomic E-state index is 0.0576. The number of carbonyl (C=O) groups excluding carboxylic acids is 2. The Morgan fingerprint density at radius 3 is 2.24 bits per heavy atom. The first-order valence-corrected chi connectivity index (χ1v) is 11.1. The lowest BCUT2D eigenvalue weighted by Gasteiger charge is -2.38. The van der Waals surface area contributed by atoms with E-state index in [2.05, 4.69) is 10.2 Å². The van der Waals surface area contributed by atoms with E-state index in [0.717, 1.165) is 57.5 Å². The highest BCUT2D eigenvalue weighted by Gasteiger charge is 2.28. The zero-order chi connectivity index (χ0) is 20.2. The minimum Gasteiger partial charge on any atom is -0.399 e. The Bertz CT molecular complexity index is 733. The van der Waals surface area contributed by atoms with Crippen molar-refractivity contribution in [3.8, 4) is 0 Å². The Labute approximate surface area is 173 Å². The van der Waals surface area contributed by atoms with Crippen LogP contribution < -0.4 is 16.0 Å². The van der Waals surface area contributed by atoms with Gasteiger partial charge in [-0.15, -0.1) is 0 Å². The highest BCUT2D eigenvalue weighted by atomic mass is 16.2. The number of nitrogens with one attached hydrogen (secondary N) is 1. The average Bonchev–Trinajstić information content (AvgIpc) is 3.29. The van der Waals surface area contributed by atoms with E-state index in [1.54, 1.807) is 6.07 Å². The van der Waals surface area contributed by atoms with Crippen LogP contribution in [-0.2, 0) is 0 Å². The van der Waals surface area contributed by atoms with Crippen molar-refractivity contribution in [1.82, 2.24) is 15.1 Å². The first-order chi connectivity index (χ1) is 14.1. The third-order valence-electron chi connectivity index (χ3n) is 6.48. The lowest BCUT2D eigenvalue weighted by Crippen LogP contribution is -2.54. The van der Waals surface area contributed by atoms with Gasteiger partial charge in [0.15, 0.2) is 0 Å². The van der Waals surface area contributed by atoms with Crippen molar-refractivity contribution in [3.63, 3.8) is 0 Å². The van der Waals surface area contributed by atoms with Gasteiger partial charge in [-0.3, -0.25) is 4.79 Å². The number of anilines is 2. The Kier molecular flexibility index (Phi) is 6.11. The van der Waals surface area contributed by atoms with Crippen molar-refractivity contribution in [2.24, 2.45) is 0 Å². The summed E-state index contributed by atoms with van der Waals surface area (Å²) >= 11 is 0. The van der Waals surface area contributed by atoms with Crippen LogP contribution in [0.4, 0.5) is 16.2 Å². The van der Waals surface area contributed by atoms with Gasteiger partial charge in [-0.1, -0.05) is 19.3 Å². The Morgan fingerprint density at radius 1 is 0.862 bits per heavy atom. The summed E-state index contributed by atoms with van der Waals surface area (Å²) in [7, 11) is 0. The summed E-state index contributed by atoms with van der Waals surface area (Å²) in [6, 6.07) is 6.01. The van der Waals surface area contributed by atoms with Gasteiger partial charge in [0.2, 0.25) is 0 Å². The topological polar surface area (TPSA) is 81.9 Å². The Balaban J connectivity index is 1.39. The summed E-state index contributed by atoms with van der Waals surface area (Å²) in [5, 5.41) is 3.21. The summed E-state index contributed by atoms with van der Waals surface area (Å²) in [5.74, 6) is 0.0715. The van der Waals surface area contributed by atoms with E-state index in [9.17, 15) is 9.59 Å². The van der Waals surface area contributed by atoms with E-state index in [1.165, 1.54) is 19.3 Å². The fourth-order valence-corrected chi connectivity index (χ4v) is 4.75. The van der Waals surface area contributed by atoms with Crippen molar-refractivity contribution in [3.05, 3.63) is 23.8 Å². The number of rotatable bonds is 3. The zero-order valence-electron chi connectivity index (χ0n) is 17.2. The molecule has 7 heteroatoms. The SMILES string of the molecule is Nc1ccc(N2CCN(C(=O)NC3CCCCC3)CC2)c(C(=O)N2CCCC2)c1. The van der Waals surface area contributed by atoms with E-state index in [1.807, 2.05) is 21.9 Å². The molecule has 0 spiro atoms. The van der Waals surface area contributed by atoms with Crippen LogP contribution in [0.1, 0.15) is 55.3 Å². The second kappa shape index (κ2) is 8.93. The number of urea groups is 1. The lowest BCUT2D eigenvalue weighted by atomic mass is 9.96. The maximum Gasteiger partial charge on any atom is 0.317 e. The van der Waals surface area contributed by atoms with E-state index in [-0.39, 0.29) is 11.9 Å². The molecule has 2 saturated heterocycles. The van der Waals surface area contributed by atoms with Crippen LogP contribution in [0.25, 0.3) is 0 Å². The number of benzene rings is 1. The fourth-order valence-electron chi connectivity index (χ4n) is 4.75. The highest BCUT2D eigenvalue weighted by Crippen LogP contribution is 2.27. The first kappa shape index (κ1) is 19.9. The number of piperazine rings is 1. The predicted octanol–water partition coefficient (Wildman–Crippen LogP) is 2.67. The molecule has 0 atom stereocenters. The molecule has 0 aromatic heterocycles. The van der Waals surface area contributed by atoms with E-state index in [4.69, 9.17) is 5.73 Å². The van der Waals surface area contributed by atoms with Crippen LogP contribution in [0.15, 0.2) is 18.2 Å². The van der Waals surface area contributed by atoms with Crippen molar-refractivity contribution in [2.75, 3.05) is 49.9 Å². The molecule has 0 radical (unpaired) electrons. The minimum absolute atomic E-state index is 0.0576. The predicted molar refractivity (Wildman–Crippen MR) is 115 cm³/mol. The van der Waals surface area contributed by atoms with E-state index < -0.39 is 0 Å². The van der Waals surface area contributed by atoms with E-state index >= 15 is 0 Å². The molecule has 3 amide bonds. The van der Waals surface area contributed by atoms with Crippen molar-refractivity contribution in [2.45, 2.75) is 51.0 Å². The number of amides is 3. The third-order valence-corrected chi connectivity index (χ3v) is 6.48. The summed E-state index contributed by atoms with van der Waals surface area (Å²) in [4.78, 5) is 31.7. The molecule has 3 N–H and O–H groups in total. The summed E-state index contributed by atoms with van der Waals surface area (Å²) in [6.07, 6.45) is 8.03. The fraction of sp³-hybridized carbons (Fsp3) is 0.636. The molecule has 29 heavy (non-hydrogen) atoms. The Morgan fingerprint density at radius 2 is 1.55 bits per heavy atom. The van der Waals surface area contributed by atoms with Crippen LogP contribution in [0.3, 0.4) is 0 Å². The monoisotopic (exact) mass is 399 g/mol. The normalized spacial score (nSPS) is 20.8. The number of nitrogens with zero attached hydrogens (tertiary/aromatic N) is 3. The van der Waals surface area contributed by atoms with Gasteiger partial charge in [-0.25, -0.2) is 4.79 Å². The standard InChI is InChI=1S/C22H33N5O2/c23-17-8-9-20(19(16-17)21(28)26-10-4-5-11-26)25-12-14-27(15-13-25)22(29)24-18-6-2-1-3-7-18/h8-9,16,18H,1-7,10-15,23H2,(H,24,29). The molecule has 158 valence electrons. The van der Waals surface area contributed by atoms with Crippen LogP contribution in [0, 0.1) is 0 Å². The molecule has 3 fully saturated rings. The largest absolute Gasteiger partial charge is 0.399 e. The third kappa shape index (κ3) is 4.60. The number of nitrogen functional groups attached to an aromatic ring is 1. The second-order valence-corrected chi connectivity index (χ2v) is 8.53. The molecule has 1 saturated carbocycles. The van der Waals surface area contributed by atoms with Crippen LogP contribution in [0.2, 0.25) is 0 Å². The molecular weight excluding hydrogens is 366 g/mol. The second-order valence-electron chi connectivity index (χ2n) is 8.53. The molecule has 4 rings (SSSR count). The summed E-state index contributed by atoms with van der Waals surface area (Å²) in [6.45, 7) is 4.43. The molecule has 2 heterocycles. The highest BCUT2D eigenvalue weighted by molar-refractivity contribution is 6.01. The van der Waals surface area contributed by atoms with Crippen LogP contribution >= 0.6 is 0 Å². The van der Waals surface area contributed by atoms with Gasteiger partial charge in [-0.05, 0) is 43.9 Å². The van der Waals surface area contributed by atoms with Gasteiger partial charge in [0.05, 0.1) is 5.56 Å². The molecule has 2 aliphatic heterocycles. The van der Waals surface area contributed by atoms with Crippen molar-refractivity contribution < 1.29 is 9.59 Å². The number of nitrogens with two attached hydrogens (primary N) is 1. The zero-order valence-corrected chi connectivity index (χ0v) is 17.2. The molecule has 1 aliphatic carbocycles. The molecule has 0 bridgehead atoms. The Hall–Kier alpha value is -2.44. The summed E-state index contributed by atoms with van der Waals surface area (Å²) in [5.41, 5.74) is 8.23. The first-order valence-electron chi connectivity index (χ1n) is 11.1. The lowest BCUT2D eigenvalue weighted by molar-refractivity contribution is 0.0793. The molecule has 0 unspecified atom stereocenters. The van der Waals surface area contributed by atoms with Gasteiger partial charge in [0, 0.05) is 56.7 Å². The van der Waals surface area contributed by atoms with Gasteiger partial charge in [0.1, 0.15) is 0 Å². The van der Waals surface area contributed by atoms with Crippen molar-refractivity contribution in [1.29, 1.82) is 0 Å². The van der Waals surface area contributed by atoms with Gasteiger partial charge < -0.3 is 25.8 Å². The molecule has 7 nitrogen and oxygen atoms in total. The van der Waals surface area contributed by atoms with Gasteiger partial charge in [-0.2, -0.15) is 0 Å². The van der Waals surface area contributed by atoms with Crippen LogP contribution in [0.5, 0.6) is 0 Å². The van der Waals surface area contributed by atoms with Gasteiger partial charge >= 0.3 is 6.03 Å². The number of hydrogen-bond acceptors (Lipinski definition) is 4. The molecule has 1 aromatic rings. The number of carbonyl (C=O) groups is 2. The van der Waals surface area contributed by atoms with Crippen molar-refractivity contribution >= 4 is 23.3 Å². The quantitative estimate of drug-likeness (QED) is 0.766. The molecular formula is C22H33N5O2. The smallest absolute Gasteiger partial charge is 0.317 e. The number of hydrogen-bond donors (Lipinski definition) is 2.